The van der Waals surface area contributed by atoms with Crippen LogP contribution in [-0.2, 0) is 4.79 Å². The van der Waals surface area contributed by atoms with Gasteiger partial charge < -0.3 is 4.90 Å². The predicted octanol–water partition coefficient (Wildman–Crippen LogP) is 3.14. The van der Waals surface area contributed by atoms with E-state index in [2.05, 4.69) is 57.4 Å². The maximum absolute atomic E-state index is 12.1. The lowest BCUT2D eigenvalue weighted by Crippen LogP contribution is -2.30. The second kappa shape index (κ2) is 7.70. The summed E-state index contributed by atoms with van der Waals surface area (Å²) in [5.74, 6) is 1.36. The highest BCUT2D eigenvalue weighted by atomic mass is 32.2. The molecule has 24 heavy (non-hydrogen) atoms. The van der Waals surface area contributed by atoms with Gasteiger partial charge in [0, 0.05) is 18.0 Å². The Morgan fingerprint density at radius 1 is 1.29 bits per heavy atom. The molecule has 0 atom stereocenters. The van der Waals surface area contributed by atoms with Gasteiger partial charge in [0.1, 0.15) is 0 Å². The van der Waals surface area contributed by atoms with Crippen LogP contribution in [0, 0.1) is 13.8 Å². The van der Waals surface area contributed by atoms with E-state index in [0.29, 0.717) is 17.6 Å². The number of piperidine rings is 1. The second-order valence-electron chi connectivity index (χ2n) is 6.14. The molecule has 2 heterocycles. The molecule has 1 fully saturated rings. The van der Waals surface area contributed by atoms with Crippen molar-refractivity contribution in [1.82, 2.24) is 15.2 Å². The number of aromatic amines is 1. The molecule has 6 nitrogen and oxygen atoms in total. The molecule has 1 aliphatic heterocycles. The third-order valence-electron chi connectivity index (χ3n) is 4.07. The molecule has 1 aromatic heterocycles. The summed E-state index contributed by atoms with van der Waals surface area (Å²) in [4.78, 5) is 19.8. The van der Waals surface area contributed by atoms with Crippen molar-refractivity contribution in [3.63, 3.8) is 0 Å². The number of thioether (sulfide) groups is 1. The Kier molecular flexibility index (Phi) is 5.40. The van der Waals surface area contributed by atoms with Crippen LogP contribution in [-0.4, -0.2) is 39.9 Å². The van der Waals surface area contributed by atoms with Gasteiger partial charge in [-0.3, -0.25) is 10.1 Å². The summed E-state index contributed by atoms with van der Waals surface area (Å²) < 4.78 is 0. The molecule has 1 aliphatic rings. The highest BCUT2D eigenvalue weighted by Gasteiger charge is 2.16. The van der Waals surface area contributed by atoms with Crippen LogP contribution in [0.15, 0.2) is 23.1 Å². The molecule has 128 valence electrons. The Morgan fingerprint density at radius 2 is 2.08 bits per heavy atom. The van der Waals surface area contributed by atoms with Crippen LogP contribution in [0.1, 0.15) is 30.4 Å². The fourth-order valence-corrected chi connectivity index (χ4v) is 3.64. The number of hydrogen-bond donors (Lipinski definition) is 2. The molecule has 0 radical (unpaired) electrons. The first kappa shape index (κ1) is 16.8. The zero-order chi connectivity index (χ0) is 16.9. The van der Waals surface area contributed by atoms with Crippen LogP contribution >= 0.6 is 11.8 Å². The Balaban J connectivity index is 1.53. The highest BCUT2D eigenvalue weighted by molar-refractivity contribution is 8.00. The first-order chi connectivity index (χ1) is 11.6. The Morgan fingerprint density at radius 3 is 2.88 bits per heavy atom. The van der Waals surface area contributed by atoms with Crippen LogP contribution < -0.4 is 10.2 Å². The normalized spacial score (nSPS) is 14.7. The summed E-state index contributed by atoms with van der Waals surface area (Å²) in [6, 6.07) is 6.27. The first-order valence-electron chi connectivity index (χ1n) is 8.29. The smallest absolute Gasteiger partial charge is 0.246 e. The van der Waals surface area contributed by atoms with E-state index < -0.39 is 0 Å². The standard InChI is InChI=1S/C17H23N5OS/c1-12-6-7-13(2)14(10-12)24-11-15(23)18-16-19-17(21-20-16)22-8-4-3-5-9-22/h6-7,10H,3-5,8-9,11H2,1-2H3,(H2,18,19,20,21,23). The van der Waals surface area contributed by atoms with Gasteiger partial charge in [-0.1, -0.05) is 17.7 Å². The summed E-state index contributed by atoms with van der Waals surface area (Å²) in [5.41, 5.74) is 2.38. The average Bonchev–Trinajstić information content (AvgIpc) is 3.05. The van der Waals surface area contributed by atoms with Gasteiger partial charge >= 0.3 is 0 Å². The van der Waals surface area contributed by atoms with Crippen LogP contribution in [0.2, 0.25) is 0 Å². The minimum Gasteiger partial charge on any atom is -0.340 e. The number of aromatic nitrogens is 3. The van der Waals surface area contributed by atoms with Crippen molar-refractivity contribution in [2.45, 2.75) is 38.0 Å². The van der Waals surface area contributed by atoms with Crippen molar-refractivity contribution in [2.75, 3.05) is 29.1 Å². The van der Waals surface area contributed by atoms with E-state index in [0.717, 1.165) is 18.0 Å². The summed E-state index contributed by atoms with van der Waals surface area (Å²) in [5, 5.41) is 9.80. The van der Waals surface area contributed by atoms with Crippen molar-refractivity contribution in [1.29, 1.82) is 0 Å². The number of amides is 1. The van der Waals surface area contributed by atoms with Gasteiger partial charge in [0.05, 0.1) is 5.75 Å². The Labute approximate surface area is 146 Å². The van der Waals surface area contributed by atoms with Crippen LogP contribution in [0.5, 0.6) is 0 Å². The summed E-state index contributed by atoms with van der Waals surface area (Å²) in [6.07, 6.45) is 3.60. The second-order valence-corrected chi connectivity index (χ2v) is 7.15. The monoisotopic (exact) mass is 345 g/mol. The van der Waals surface area contributed by atoms with E-state index in [4.69, 9.17) is 0 Å². The number of hydrogen-bond acceptors (Lipinski definition) is 5. The van der Waals surface area contributed by atoms with Crippen LogP contribution in [0.25, 0.3) is 0 Å². The van der Waals surface area contributed by atoms with Gasteiger partial charge in [0.25, 0.3) is 0 Å². The van der Waals surface area contributed by atoms with Crippen molar-refractivity contribution in [3.05, 3.63) is 29.3 Å². The lowest BCUT2D eigenvalue weighted by Gasteiger charge is -2.24. The summed E-state index contributed by atoms with van der Waals surface area (Å²) in [6.45, 7) is 6.07. The molecule has 0 bridgehead atoms. The molecule has 1 saturated heterocycles. The Hall–Kier alpha value is -2.02. The molecular formula is C17H23N5OS. The third-order valence-corrected chi connectivity index (χ3v) is 5.23. The molecule has 1 aromatic carbocycles. The molecule has 0 spiro atoms. The van der Waals surface area contributed by atoms with Crippen molar-refractivity contribution < 1.29 is 4.79 Å². The number of H-pyrrole nitrogens is 1. The van der Waals surface area contributed by atoms with E-state index in [9.17, 15) is 4.79 Å². The number of nitrogens with zero attached hydrogens (tertiary/aromatic N) is 3. The van der Waals surface area contributed by atoms with E-state index in [-0.39, 0.29) is 5.91 Å². The zero-order valence-corrected chi connectivity index (χ0v) is 14.9. The number of benzene rings is 1. The van der Waals surface area contributed by atoms with Crippen LogP contribution in [0.4, 0.5) is 11.9 Å². The van der Waals surface area contributed by atoms with E-state index >= 15 is 0 Å². The number of aryl methyl sites for hydroxylation is 2. The molecule has 2 aromatic rings. The number of carbonyl (C=O) groups is 1. The van der Waals surface area contributed by atoms with E-state index in [1.54, 1.807) is 0 Å². The third kappa shape index (κ3) is 4.29. The van der Waals surface area contributed by atoms with Crippen molar-refractivity contribution in [3.8, 4) is 0 Å². The number of nitrogens with one attached hydrogen (secondary N) is 2. The van der Waals surface area contributed by atoms with Gasteiger partial charge in [-0.05, 0) is 44.7 Å². The van der Waals surface area contributed by atoms with Crippen molar-refractivity contribution in [2.24, 2.45) is 0 Å². The SMILES string of the molecule is Cc1ccc(C)c(SCC(=O)Nc2nc(N3CCCCC3)n[nH]2)c1. The van der Waals surface area contributed by atoms with Crippen LogP contribution in [0.3, 0.4) is 0 Å². The minimum absolute atomic E-state index is 0.0812. The molecule has 1 amide bonds. The number of anilines is 2. The maximum Gasteiger partial charge on any atom is 0.246 e. The largest absolute Gasteiger partial charge is 0.340 e. The molecule has 7 heteroatoms. The highest BCUT2D eigenvalue weighted by Crippen LogP contribution is 2.23. The number of rotatable bonds is 5. The van der Waals surface area contributed by atoms with E-state index in [1.165, 1.54) is 42.2 Å². The first-order valence-corrected chi connectivity index (χ1v) is 9.27. The average molecular weight is 345 g/mol. The predicted molar refractivity (Wildman–Crippen MR) is 97.7 cm³/mol. The van der Waals surface area contributed by atoms with Gasteiger partial charge in [0.15, 0.2) is 0 Å². The van der Waals surface area contributed by atoms with E-state index in [1.807, 2.05) is 0 Å². The van der Waals surface area contributed by atoms with Gasteiger partial charge in [-0.2, -0.15) is 4.98 Å². The lowest BCUT2D eigenvalue weighted by atomic mass is 10.1. The maximum atomic E-state index is 12.1. The summed E-state index contributed by atoms with van der Waals surface area (Å²) in [7, 11) is 0. The topological polar surface area (TPSA) is 73.9 Å². The van der Waals surface area contributed by atoms with Gasteiger partial charge in [-0.25, -0.2) is 5.10 Å². The molecule has 2 N–H and O–H groups in total. The molecular weight excluding hydrogens is 322 g/mol. The minimum atomic E-state index is -0.0812. The Bertz CT molecular complexity index is 709. The zero-order valence-electron chi connectivity index (χ0n) is 14.1. The summed E-state index contributed by atoms with van der Waals surface area (Å²) >= 11 is 1.54. The quantitative estimate of drug-likeness (QED) is 0.815. The molecule has 3 rings (SSSR count). The fourth-order valence-electron chi connectivity index (χ4n) is 2.72. The fraction of sp³-hybridized carbons (Fsp3) is 0.471. The molecule has 0 aliphatic carbocycles. The van der Waals surface area contributed by atoms with Gasteiger partial charge in [0.2, 0.25) is 17.8 Å². The van der Waals surface area contributed by atoms with Gasteiger partial charge in [-0.15, -0.1) is 16.9 Å². The van der Waals surface area contributed by atoms with Crippen molar-refractivity contribution >= 4 is 29.6 Å². The number of carbonyl (C=O) groups excluding carboxylic acids is 1. The lowest BCUT2D eigenvalue weighted by molar-refractivity contribution is -0.113. The molecule has 0 saturated carbocycles. The molecule has 0 unspecified atom stereocenters.